The number of ether oxygens (including phenoxy) is 1. The molecule has 172 valence electrons. The Morgan fingerprint density at radius 3 is 2.58 bits per heavy atom. The molecule has 2 aromatic heterocycles. The first kappa shape index (κ1) is 22.0. The number of hydrogen-bond donors (Lipinski definition) is 1. The number of nitrogens with zero attached hydrogens (tertiary/aromatic N) is 3. The average molecular weight is 466 g/mol. The summed E-state index contributed by atoms with van der Waals surface area (Å²) in [6, 6.07) is 11.1. The lowest BCUT2D eigenvalue weighted by Crippen LogP contribution is -2.26. The summed E-state index contributed by atoms with van der Waals surface area (Å²) < 4.78 is 8.30. The molecule has 2 heterocycles. The Kier molecular flexibility index (Phi) is 6.36. The number of pyridine rings is 1. The molecule has 7 heteroatoms. The fourth-order valence-electron chi connectivity index (χ4n) is 5.32. The highest BCUT2D eigenvalue weighted by Crippen LogP contribution is 2.41. The van der Waals surface area contributed by atoms with Crippen molar-refractivity contribution in [2.24, 2.45) is 5.92 Å². The number of benzene rings is 1. The van der Waals surface area contributed by atoms with Gasteiger partial charge in [0.05, 0.1) is 29.2 Å². The second-order valence-electron chi connectivity index (χ2n) is 9.06. The fourth-order valence-corrected chi connectivity index (χ4v) is 5.44. The maximum absolute atomic E-state index is 11.1. The summed E-state index contributed by atoms with van der Waals surface area (Å²) in [6.45, 7) is 0.496. The summed E-state index contributed by atoms with van der Waals surface area (Å²) in [5.41, 5.74) is 5.01. The van der Waals surface area contributed by atoms with Crippen molar-refractivity contribution in [2.45, 2.75) is 57.3 Å². The van der Waals surface area contributed by atoms with Gasteiger partial charge in [0.25, 0.3) is 0 Å². The molecule has 1 saturated carbocycles. The summed E-state index contributed by atoms with van der Waals surface area (Å²) in [5, 5.41) is 14.9. The van der Waals surface area contributed by atoms with Gasteiger partial charge in [0, 0.05) is 23.2 Å². The molecule has 0 amide bonds. The van der Waals surface area contributed by atoms with E-state index in [0.717, 1.165) is 24.9 Å². The minimum absolute atomic E-state index is 0.157. The van der Waals surface area contributed by atoms with E-state index in [0.29, 0.717) is 23.4 Å². The van der Waals surface area contributed by atoms with Gasteiger partial charge in [-0.05, 0) is 73.9 Å². The van der Waals surface area contributed by atoms with Gasteiger partial charge in [-0.3, -0.25) is 0 Å². The van der Waals surface area contributed by atoms with E-state index in [4.69, 9.17) is 26.5 Å². The zero-order valence-corrected chi connectivity index (χ0v) is 19.3. The third kappa shape index (κ3) is 4.62. The predicted octanol–water partition coefficient (Wildman–Crippen LogP) is 5.85. The van der Waals surface area contributed by atoms with Crippen LogP contribution in [-0.4, -0.2) is 32.4 Å². The van der Waals surface area contributed by atoms with Gasteiger partial charge >= 0.3 is 5.97 Å². The standard InChI is InChI=1S/C26H28ClN3O3/c27-19-10-12-20(13-11-19)30-25(21-7-4-8-23(21)29-30)22(17-5-2-1-3-6-17)16-33-24-14-9-18(15-28-24)26(31)32/h9-15,17,22H,1-8,16H2,(H,31,32). The topological polar surface area (TPSA) is 77.2 Å². The van der Waals surface area contributed by atoms with E-state index < -0.39 is 5.97 Å². The van der Waals surface area contributed by atoms with Crippen LogP contribution in [0.15, 0.2) is 42.6 Å². The maximum Gasteiger partial charge on any atom is 0.337 e. The van der Waals surface area contributed by atoms with Crippen LogP contribution in [0.1, 0.15) is 71.8 Å². The van der Waals surface area contributed by atoms with Crippen molar-refractivity contribution in [3.05, 3.63) is 70.1 Å². The van der Waals surface area contributed by atoms with Crippen molar-refractivity contribution < 1.29 is 14.6 Å². The van der Waals surface area contributed by atoms with E-state index in [9.17, 15) is 4.79 Å². The number of carboxylic acids is 1. The van der Waals surface area contributed by atoms with Gasteiger partial charge in [-0.1, -0.05) is 30.9 Å². The van der Waals surface area contributed by atoms with Crippen molar-refractivity contribution in [1.29, 1.82) is 0 Å². The first-order valence-electron chi connectivity index (χ1n) is 11.8. The zero-order chi connectivity index (χ0) is 22.8. The first-order valence-corrected chi connectivity index (χ1v) is 12.2. The summed E-state index contributed by atoms with van der Waals surface area (Å²) in [6.07, 6.45) is 10.7. The average Bonchev–Trinajstić information content (AvgIpc) is 3.43. The Bertz CT molecular complexity index is 1120. The number of hydrogen-bond acceptors (Lipinski definition) is 4. The van der Waals surface area contributed by atoms with Crippen LogP contribution in [0, 0.1) is 5.92 Å². The number of aromatic carboxylic acids is 1. The number of aryl methyl sites for hydroxylation is 1. The lowest BCUT2D eigenvalue weighted by Gasteiger charge is -2.31. The molecule has 1 fully saturated rings. The second-order valence-corrected chi connectivity index (χ2v) is 9.49. The van der Waals surface area contributed by atoms with E-state index in [1.54, 1.807) is 6.07 Å². The largest absolute Gasteiger partial charge is 0.478 e. The van der Waals surface area contributed by atoms with Crippen LogP contribution in [-0.2, 0) is 12.8 Å². The molecule has 33 heavy (non-hydrogen) atoms. The lowest BCUT2D eigenvalue weighted by atomic mass is 9.77. The summed E-state index contributed by atoms with van der Waals surface area (Å²) in [5.74, 6) is 0.173. The molecule has 3 aromatic rings. The van der Waals surface area contributed by atoms with Crippen LogP contribution in [0.5, 0.6) is 5.88 Å². The van der Waals surface area contributed by atoms with E-state index in [1.807, 2.05) is 24.3 Å². The van der Waals surface area contributed by atoms with E-state index in [2.05, 4.69) is 9.67 Å². The van der Waals surface area contributed by atoms with Crippen LogP contribution >= 0.6 is 11.6 Å². The highest BCUT2D eigenvalue weighted by molar-refractivity contribution is 6.30. The summed E-state index contributed by atoms with van der Waals surface area (Å²) in [4.78, 5) is 15.4. The molecule has 1 N–H and O–H groups in total. The monoisotopic (exact) mass is 465 g/mol. The van der Waals surface area contributed by atoms with Crippen LogP contribution in [0.3, 0.4) is 0 Å². The van der Waals surface area contributed by atoms with Crippen LogP contribution in [0.2, 0.25) is 5.02 Å². The number of aromatic nitrogens is 3. The number of carbonyl (C=O) groups is 1. The minimum atomic E-state index is -0.989. The SMILES string of the molecule is O=C(O)c1ccc(OCC(c2c3c(nn2-c2ccc(Cl)cc2)CCC3)C2CCCCC2)nc1. The molecule has 5 rings (SSSR count). The van der Waals surface area contributed by atoms with Gasteiger partial charge in [-0.15, -0.1) is 0 Å². The molecule has 0 bridgehead atoms. The van der Waals surface area contributed by atoms with E-state index in [1.165, 1.54) is 61.3 Å². The van der Waals surface area contributed by atoms with Crippen molar-refractivity contribution in [3.8, 4) is 11.6 Å². The van der Waals surface area contributed by atoms with Gasteiger partial charge in [-0.2, -0.15) is 5.10 Å². The summed E-state index contributed by atoms with van der Waals surface area (Å²) in [7, 11) is 0. The van der Waals surface area contributed by atoms with E-state index >= 15 is 0 Å². The molecule has 1 aromatic carbocycles. The minimum Gasteiger partial charge on any atom is -0.478 e. The number of fused-ring (bicyclic) bond motifs is 1. The van der Waals surface area contributed by atoms with Gasteiger partial charge in [-0.25, -0.2) is 14.5 Å². The zero-order valence-electron chi connectivity index (χ0n) is 18.5. The van der Waals surface area contributed by atoms with Crippen molar-refractivity contribution in [3.63, 3.8) is 0 Å². The molecule has 0 aliphatic heterocycles. The molecule has 6 nitrogen and oxygen atoms in total. The second kappa shape index (κ2) is 9.56. The first-order chi connectivity index (χ1) is 16.1. The maximum atomic E-state index is 11.1. The van der Waals surface area contributed by atoms with E-state index in [-0.39, 0.29) is 11.5 Å². The summed E-state index contributed by atoms with van der Waals surface area (Å²) >= 11 is 6.15. The molecular weight excluding hydrogens is 438 g/mol. The molecular formula is C26H28ClN3O3. The van der Waals surface area contributed by atoms with Crippen LogP contribution in [0.25, 0.3) is 5.69 Å². The third-order valence-electron chi connectivity index (χ3n) is 6.98. The normalized spacial score (nSPS) is 17.0. The molecule has 1 unspecified atom stereocenters. The quantitative estimate of drug-likeness (QED) is 0.473. The Labute approximate surface area is 198 Å². The smallest absolute Gasteiger partial charge is 0.337 e. The third-order valence-corrected chi connectivity index (χ3v) is 7.23. The number of rotatable bonds is 7. The van der Waals surface area contributed by atoms with Crippen molar-refractivity contribution >= 4 is 17.6 Å². The van der Waals surface area contributed by atoms with Gasteiger partial charge in [0.15, 0.2) is 0 Å². The highest BCUT2D eigenvalue weighted by atomic mass is 35.5. The molecule has 2 aliphatic carbocycles. The molecule has 1 atom stereocenters. The highest BCUT2D eigenvalue weighted by Gasteiger charge is 2.34. The van der Waals surface area contributed by atoms with Crippen molar-refractivity contribution in [2.75, 3.05) is 6.61 Å². The molecule has 0 radical (unpaired) electrons. The Balaban J connectivity index is 1.50. The molecule has 0 saturated heterocycles. The van der Waals surface area contributed by atoms with Gasteiger partial charge < -0.3 is 9.84 Å². The van der Waals surface area contributed by atoms with Crippen molar-refractivity contribution in [1.82, 2.24) is 14.8 Å². The number of halogens is 1. The van der Waals surface area contributed by atoms with Gasteiger partial charge in [0.2, 0.25) is 5.88 Å². The lowest BCUT2D eigenvalue weighted by molar-refractivity contribution is 0.0696. The van der Waals surface area contributed by atoms with Crippen LogP contribution in [0.4, 0.5) is 0 Å². The molecule has 2 aliphatic rings. The molecule has 0 spiro atoms. The Morgan fingerprint density at radius 2 is 1.88 bits per heavy atom. The Hall–Kier alpha value is -2.86. The Morgan fingerprint density at radius 1 is 1.09 bits per heavy atom. The van der Waals surface area contributed by atoms with Gasteiger partial charge in [0.1, 0.15) is 0 Å². The fraction of sp³-hybridized carbons (Fsp3) is 0.423. The predicted molar refractivity (Wildman–Crippen MR) is 127 cm³/mol. The van der Waals surface area contributed by atoms with Crippen LogP contribution < -0.4 is 4.74 Å². The number of carboxylic acid groups (broad SMARTS) is 1.